The summed E-state index contributed by atoms with van der Waals surface area (Å²) in [5, 5.41) is 11.8. The van der Waals surface area contributed by atoms with Gasteiger partial charge in [0.2, 0.25) is 0 Å². The molecule has 1 saturated carbocycles. The lowest BCUT2D eigenvalue weighted by molar-refractivity contribution is -0.140. The molecule has 0 bridgehead atoms. The van der Waals surface area contributed by atoms with Gasteiger partial charge in [-0.3, -0.25) is 10.1 Å². The van der Waals surface area contributed by atoms with Crippen LogP contribution in [0.25, 0.3) is 0 Å². The quantitative estimate of drug-likeness (QED) is 0.624. The van der Waals surface area contributed by atoms with E-state index in [9.17, 15) is 4.79 Å². The van der Waals surface area contributed by atoms with E-state index in [4.69, 9.17) is 9.84 Å². The summed E-state index contributed by atoms with van der Waals surface area (Å²) in [4.78, 5) is 10.7. The summed E-state index contributed by atoms with van der Waals surface area (Å²) in [5.41, 5.74) is -0.632. The molecule has 0 aliphatic heterocycles. The predicted octanol–water partition coefficient (Wildman–Crippen LogP) is 0.228. The Hall–Kier alpha value is -0.610. The number of rotatable bonds is 5. The Labute approximate surface area is 71.9 Å². The van der Waals surface area contributed by atoms with Gasteiger partial charge in [-0.15, -0.1) is 0 Å². The van der Waals surface area contributed by atoms with E-state index in [1.807, 2.05) is 6.92 Å². The first-order chi connectivity index (χ1) is 5.60. The zero-order chi connectivity index (χ0) is 9.19. The van der Waals surface area contributed by atoms with Gasteiger partial charge in [-0.1, -0.05) is 0 Å². The van der Waals surface area contributed by atoms with Crippen molar-refractivity contribution >= 4 is 5.97 Å². The monoisotopic (exact) mass is 173 g/mol. The second-order valence-electron chi connectivity index (χ2n) is 3.31. The topological polar surface area (TPSA) is 58.6 Å². The van der Waals surface area contributed by atoms with Crippen molar-refractivity contribution in [2.24, 2.45) is 0 Å². The van der Waals surface area contributed by atoms with Crippen molar-refractivity contribution < 1.29 is 14.6 Å². The highest BCUT2D eigenvalue weighted by molar-refractivity contribution is 5.82. The first-order valence-corrected chi connectivity index (χ1v) is 4.12. The van der Waals surface area contributed by atoms with Crippen molar-refractivity contribution in [2.45, 2.75) is 31.4 Å². The molecule has 0 saturated heterocycles. The summed E-state index contributed by atoms with van der Waals surface area (Å²) in [7, 11) is 1.62. The number of hydrogen-bond acceptors (Lipinski definition) is 3. The normalized spacial score (nSPS) is 21.8. The number of carboxylic acid groups (broad SMARTS) is 1. The summed E-state index contributed by atoms with van der Waals surface area (Å²) in [6.07, 6.45) is 1.54. The Kier molecular flexibility index (Phi) is 2.69. The van der Waals surface area contributed by atoms with E-state index >= 15 is 0 Å². The van der Waals surface area contributed by atoms with Gasteiger partial charge < -0.3 is 9.84 Å². The SMILES string of the molecule is COC(C)CNC1(C(=O)O)CC1. The molecular formula is C8H15NO3. The standard InChI is InChI=1S/C8H15NO3/c1-6(12-2)5-9-8(3-4-8)7(10)11/h6,9H,3-5H2,1-2H3,(H,10,11). The number of carbonyl (C=O) groups is 1. The molecule has 4 heteroatoms. The molecule has 1 fully saturated rings. The van der Waals surface area contributed by atoms with Crippen LogP contribution in [0.4, 0.5) is 0 Å². The third-order valence-corrected chi connectivity index (χ3v) is 2.29. The van der Waals surface area contributed by atoms with Crippen LogP contribution in [0.1, 0.15) is 19.8 Å². The molecule has 0 aromatic heterocycles. The van der Waals surface area contributed by atoms with Gasteiger partial charge in [0.05, 0.1) is 6.10 Å². The summed E-state index contributed by atoms with van der Waals surface area (Å²) < 4.78 is 5.00. The molecule has 1 atom stereocenters. The minimum atomic E-state index is -0.745. The predicted molar refractivity (Wildman–Crippen MR) is 44.1 cm³/mol. The average Bonchev–Trinajstić information content (AvgIpc) is 2.81. The van der Waals surface area contributed by atoms with Crippen molar-refractivity contribution in [1.29, 1.82) is 0 Å². The van der Waals surface area contributed by atoms with Crippen molar-refractivity contribution in [2.75, 3.05) is 13.7 Å². The Morgan fingerprint density at radius 1 is 1.75 bits per heavy atom. The molecule has 1 aliphatic rings. The van der Waals surface area contributed by atoms with Crippen LogP contribution < -0.4 is 5.32 Å². The van der Waals surface area contributed by atoms with E-state index in [-0.39, 0.29) is 6.10 Å². The van der Waals surface area contributed by atoms with Crippen LogP contribution >= 0.6 is 0 Å². The Bertz CT molecular complexity index is 177. The molecular weight excluding hydrogens is 158 g/mol. The van der Waals surface area contributed by atoms with Crippen molar-refractivity contribution in [3.05, 3.63) is 0 Å². The van der Waals surface area contributed by atoms with E-state index in [1.54, 1.807) is 7.11 Å². The fourth-order valence-electron chi connectivity index (χ4n) is 1.01. The highest BCUT2D eigenvalue weighted by Crippen LogP contribution is 2.35. The molecule has 2 N–H and O–H groups in total. The highest BCUT2D eigenvalue weighted by atomic mass is 16.5. The first kappa shape index (κ1) is 9.48. The molecule has 4 nitrogen and oxygen atoms in total. The Balaban J connectivity index is 2.27. The summed E-state index contributed by atoms with van der Waals surface area (Å²) >= 11 is 0. The minimum absolute atomic E-state index is 0.0711. The minimum Gasteiger partial charge on any atom is -0.480 e. The average molecular weight is 173 g/mol. The van der Waals surface area contributed by atoms with E-state index in [0.717, 1.165) is 12.8 Å². The molecule has 0 heterocycles. The maximum Gasteiger partial charge on any atom is 0.323 e. The van der Waals surface area contributed by atoms with Gasteiger partial charge in [-0.2, -0.15) is 0 Å². The van der Waals surface area contributed by atoms with Gasteiger partial charge in [-0.05, 0) is 19.8 Å². The zero-order valence-electron chi connectivity index (χ0n) is 7.46. The van der Waals surface area contributed by atoms with Crippen LogP contribution in [0, 0.1) is 0 Å². The number of ether oxygens (including phenoxy) is 1. The third kappa shape index (κ3) is 1.95. The van der Waals surface area contributed by atoms with Gasteiger partial charge >= 0.3 is 5.97 Å². The lowest BCUT2D eigenvalue weighted by Gasteiger charge is -2.15. The van der Waals surface area contributed by atoms with Crippen LogP contribution in [-0.2, 0) is 9.53 Å². The fourth-order valence-corrected chi connectivity index (χ4v) is 1.01. The molecule has 70 valence electrons. The van der Waals surface area contributed by atoms with Crippen LogP contribution in [-0.4, -0.2) is 36.4 Å². The maximum atomic E-state index is 10.7. The summed E-state index contributed by atoms with van der Waals surface area (Å²) in [6.45, 7) is 2.51. The van der Waals surface area contributed by atoms with E-state index in [0.29, 0.717) is 6.54 Å². The summed E-state index contributed by atoms with van der Waals surface area (Å²) in [6, 6.07) is 0. The highest BCUT2D eigenvalue weighted by Gasteiger charge is 2.49. The number of aliphatic carboxylic acids is 1. The molecule has 12 heavy (non-hydrogen) atoms. The lowest BCUT2D eigenvalue weighted by Crippen LogP contribution is -2.42. The second kappa shape index (κ2) is 3.41. The van der Waals surface area contributed by atoms with Crippen LogP contribution in [0.2, 0.25) is 0 Å². The molecule has 0 spiro atoms. The number of methoxy groups -OCH3 is 1. The van der Waals surface area contributed by atoms with Gasteiger partial charge in [0, 0.05) is 13.7 Å². The van der Waals surface area contributed by atoms with Gasteiger partial charge in [0.25, 0.3) is 0 Å². The second-order valence-corrected chi connectivity index (χ2v) is 3.31. The molecule has 0 amide bonds. The van der Waals surface area contributed by atoms with Crippen LogP contribution in [0.5, 0.6) is 0 Å². The van der Waals surface area contributed by atoms with E-state index in [1.165, 1.54) is 0 Å². The van der Waals surface area contributed by atoms with Gasteiger partial charge in [-0.25, -0.2) is 0 Å². The third-order valence-electron chi connectivity index (χ3n) is 2.29. The molecule has 0 radical (unpaired) electrons. The molecule has 0 aromatic rings. The van der Waals surface area contributed by atoms with Crippen molar-refractivity contribution in [3.8, 4) is 0 Å². The Morgan fingerprint density at radius 3 is 2.67 bits per heavy atom. The number of nitrogens with one attached hydrogen (secondary N) is 1. The van der Waals surface area contributed by atoms with Gasteiger partial charge in [0.15, 0.2) is 0 Å². The largest absolute Gasteiger partial charge is 0.480 e. The molecule has 1 rings (SSSR count). The van der Waals surface area contributed by atoms with E-state index < -0.39 is 11.5 Å². The smallest absolute Gasteiger partial charge is 0.323 e. The number of hydrogen-bond donors (Lipinski definition) is 2. The fraction of sp³-hybridized carbons (Fsp3) is 0.875. The van der Waals surface area contributed by atoms with Crippen molar-refractivity contribution in [3.63, 3.8) is 0 Å². The molecule has 0 aromatic carbocycles. The first-order valence-electron chi connectivity index (χ1n) is 4.12. The van der Waals surface area contributed by atoms with Crippen LogP contribution in [0.3, 0.4) is 0 Å². The zero-order valence-corrected chi connectivity index (χ0v) is 7.46. The summed E-state index contributed by atoms with van der Waals surface area (Å²) in [5.74, 6) is -0.745. The Morgan fingerprint density at radius 2 is 2.33 bits per heavy atom. The maximum absolute atomic E-state index is 10.7. The molecule has 1 unspecified atom stereocenters. The van der Waals surface area contributed by atoms with Gasteiger partial charge in [0.1, 0.15) is 5.54 Å². The number of carboxylic acids is 1. The molecule has 1 aliphatic carbocycles. The van der Waals surface area contributed by atoms with Crippen LogP contribution in [0.15, 0.2) is 0 Å². The lowest BCUT2D eigenvalue weighted by atomic mass is 10.2. The van der Waals surface area contributed by atoms with Crippen molar-refractivity contribution in [1.82, 2.24) is 5.32 Å². The van der Waals surface area contributed by atoms with E-state index in [2.05, 4.69) is 5.32 Å².